The van der Waals surface area contributed by atoms with Crippen molar-refractivity contribution >= 4 is 11.9 Å². The van der Waals surface area contributed by atoms with Gasteiger partial charge in [0.25, 0.3) is 0 Å². The van der Waals surface area contributed by atoms with E-state index < -0.39 is 0 Å². The maximum absolute atomic E-state index is 12.6. The van der Waals surface area contributed by atoms with Gasteiger partial charge in [0.15, 0.2) is 0 Å². The molecule has 2 rings (SSSR count). The number of anilines is 1. The van der Waals surface area contributed by atoms with Gasteiger partial charge in [-0.3, -0.25) is 9.89 Å². The molecule has 0 saturated carbocycles. The zero-order valence-electron chi connectivity index (χ0n) is 16.2. The number of carbonyl (C=O) groups excluding carboxylic acids is 1. The number of rotatable bonds is 10. The molecule has 0 aromatic carbocycles. The van der Waals surface area contributed by atoms with Crippen LogP contribution in [0.5, 0.6) is 0 Å². The first-order chi connectivity index (χ1) is 12.5. The van der Waals surface area contributed by atoms with Gasteiger partial charge in [0, 0.05) is 37.1 Å². The lowest BCUT2D eigenvalue weighted by Gasteiger charge is -2.20. The van der Waals surface area contributed by atoms with Gasteiger partial charge in [-0.2, -0.15) is 5.10 Å². The quantitative estimate of drug-likeness (QED) is 0.606. The second kappa shape index (κ2) is 9.89. The highest BCUT2D eigenvalue weighted by molar-refractivity contribution is 5.77. The van der Waals surface area contributed by atoms with Crippen molar-refractivity contribution in [3.05, 3.63) is 35.4 Å². The van der Waals surface area contributed by atoms with Crippen LogP contribution in [-0.2, 0) is 4.79 Å². The Labute approximate surface area is 155 Å². The van der Waals surface area contributed by atoms with E-state index in [9.17, 15) is 4.79 Å². The minimum atomic E-state index is 0.0602. The minimum absolute atomic E-state index is 0.0602. The second-order valence-electron chi connectivity index (χ2n) is 6.81. The third kappa shape index (κ3) is 5.82. The third-order valence-electron chi connectivity index (χ3n) is 4.51. The second-order valence-corrected chi connectivity index (χ2v) is 6.81. The summed E-state index contributed by atoms with van der Waals surface area (Å²) < 4.78 is 0. The largest absolute Gasteiger partial charge is 0.352 e. The van der Waals surface area contributed by atoms with E-state index in [2.05, 4.69) is 44.6 Å². The summed E-state index contributed by atoms with van der Waals surface area (Å²) in [5.41, 5.74) is 3.14. The van der Waals surface area contributed by atoms with E-state index in [0.717, 1.165) is 36.2 Å². The summed E-state index contributed by atoms with van der Waals surface area (Å²) >= 11 is 0. The Kier molecular flexibility index (Phi) is 7.56. The van der Waals surface area contributed by atoms with E-state index in [1.807, 2.05) is 13.8 Å². The summed E-state index contributed by atoms with van der Waals surface area (Å²) in [6.45, 7) is 8.81. The first-order valence-electron chi connectivity index (χ1n) is 9.33. The van der Waals surface area contributed by atoms with Crippen LogP contribution in [0.2, 0.25) is 0 Å². The van der Waals surface area contributed by atoms with Gasteiger partial charge in [-0.1, -0.05) is 26.7 Å². The molecular weight excluding hydrogens is 328 g/mol. The van der Waals surface area contributed by atoms with Crippen LogP contribution in [0.15, 0.2) is 18.5 Å². The van der Waals surface area contributed by atoms with Crippen LogP contribution in [0, 0.1) is 13.8 Å². The molecule has 7 nitrogen and oxygen atoms in total. The number of unbranched alkanes of at least 4 members (excludes halogenated alkanes) is 1. The van der Waals surface area contributed by atoms with Crippen molar-refractivity contribution in [1.82, 2.24) is 25.5 Å². The van der Waals surface area contributed by atoms with Gasteiger partial charge in [0.05, 0.1) is 5.69 Å². The fourth-order valence-electron chi connectivity index (χ4n) is 3.23. The van der Waals surface area contributed by atoms with Crippen molar-refractivity contribution < 1.29 is 4.79 Å². The summed E-state index contributed by atoms with van der Waals surface area (Å²) in [5.74, 6) is 0.779. The molecule has 0 bridgehead atoms. The molecule has 0 radical (unpaired) electrons. The molecule has 0 saturated heterocycles. The highest BCUT2D eigenvalue weighted by atomic mass is 16.1. The molecular formula is C19H30N6O. The zero-order chi connectivity index (χ0) is 18.9. The minimum Gasteiger partial charge on any atom is -0.352 e. The Morgan fingerprint density at radius 3 is 2.62 bits per heavy atom. The van der Waals surface area contributed by atoms with Crippen LogP contribution in [0.1, 0.15) is 62.4 Å². The van der Waals surface area contributed by atoms with Crippen molar-refractivity contribution in [1.29, 1.82) is 0 Å². The first kappa shape index (κ1) is 19.9. The van der Waals surface area contributed by atoms with E-state index >= 15 is 0 Å². The molecule has 2 atom stereocenters. The molecule has 2 aromatic rings. The van der Waals surface area contributed by atoms with Gasteiger partial charge >= 0.3 is 0 Å². The Balaban J connectivity index is 1.90. The molecule has 1 amide bonds. The number of aromatic nitrogens is 4. The van der Waals surface area contributed by atoms with Gasteiger partial charge in [0.2, 0.25) is 11.9 Å². The van der Waals surface area contributed by atoms with Crippen LogP contribution in [-0.4, -0.2) is 38.7 Å². The van der Waals surface area contributed by atoms with Gasteiger partial charge in [-0.25, -0.2) is 9.97 Å². The van der Waals surface area contributed by atoms with Crippen LogP contribution in [0.3, 0.4) is 0 Å². The van der Waals surface area contributed by atoms with E-state index in [4.69, 9.17) is 0 Å². The fraction of sp³-hybridized carbons (Fsp3) is 0.579. The summed E-state index contributed by atoms with van der Waals surface area (Å²) in [6, 6.07) is 1.84. The predicted molar refractivity (Wildman–Crippen MR) is 103 cm³/mol. The molecule has 26 heavy (non-hydrogen) atoms. The molecule has 0 aliphatic heterocycles. The zero-order valence-corrected chi connectivity index (χ0v) is 16.2. The Hall–Kier alpha value is -2.44. The highest BCUT2D eigenvalue weighted by Gasteiger charge is 2.19. The maximum atomic E-state index is 12.6. The Morgan fingerprint density at radius 1 is 1.27 bits per heavy atom. The number of H-pyrrole nitrogens is 1. The summed E-state index contributed by atoms with van der Waals surface area (Å²) in [4.78, 5) is 20.9. The van der Waals surface area contributed by atoms with Crippen LogP contribution >= 0.6 is 0 Å². The number of hydrogen-bond acceptors (Lipinski definition) is 5. The molecule has 2 heterocycles. The number of aromatic amines is 1. The summed E-state index contributed by atoms with van der Waals surface area (Å²) in [5, 5.41) is 13.6. The molecule has 0 fully saturated rings. The molecule has 0 spiro atoms. The fourth-order valence-corrected chi connectivity index (χ4v) is 3.23. The molecule has 0 aliphatic carbocycles. The monoisotopic (exact) mass is 358 g/mol. The number of nitrogens with one attached hydrogen (secondary N) is 3. The SMILES string of the molecule is CCCCC(CNc1ncccn1)NC(=O)CC(C)c1c(C)n[nH]c1C. The van der Waals surface area contributed by atoms with E-state index in [1.165, 1.54) is 0 Å². The van der Waals surface area contributed by atoms with Gasteiger partial charge in [-0.05, 0) is 37.8 Å². The van der Waals surface area contributed by atoms with E-state index in [1.54, 1.807) is 18.5 Å². The van der Waals surface area contributed by atoms with Crippen molar-refractivity contribution in [3.63, 3.8) is 0 Å². The lowest BCUT2D eigenvalue weighted by atomic mass is 9.95. The Morgan fingerprint density at radius 2 is 2.00 bits per heavy atom. The molecule has 0 aliphatic rings. The lowest BCUT2D eigenvalue weighted by Crippen LogP contribution is -2.40. The van der Waals surface area contributed by atoms with Crippen LogP contribution < -0.4 is 10.6 Å². The average molecular weight is 358 g/mol. The molecule has 3 N–H and O–H groups in total. The number of amides is 1. The van der Waals surface area contributed by atoms with Crippen molar-refractivity contribution in [2.24, 2.45) is 0 Å². The van der Waals surface area contributed by atoms with Crippen molar-refractivity contribution in [2.75, 3.05) is 11.9 Å². The number of aryl methyl sites for hydroxylation is 2. The van der Waals surface area contributed by atoms with Gasteiger partial charge < -0.3 is 10.6 Å². The predicted octanol–water partition coefficient (Wildman–Crippen LogP) is 3.10. The number of hydrogen-bond donors (Lipinski definition) is 3. The molecule has 142 valence electrons. The van der Waals surface area contributed by atoms with Crippen molar-refractivity contribution in [3.8, 4) is 0 Å². The van der Waals surface area contributed by atoms with Crippen LogP contribution in [0.25, 0.3) is 0 Å². The molecule has 2 aromatic heterocycles. The lowest BCUT2D eigenvalue weighted by molar-refractivity contribution is -0.122. The van der Waals surface area contributed by atoms with Gasteiger partial charge in [-0.15, -0.1) is 0 Å². The standard InChI is InChI=1S/C19H30N6O/c1-5-6-8-16(12-22-19-20-9-7-10-21-19)23-17(26)11-13(2)18-14(3)24-25-15(18)4/h7,9-10,13,16H,5-6,8,11-12H2,1-4H3,(H,23,26)(H,24,25)(H,20,21,22). The molecule has 7 heteroatoms. The topological polar surface area (TPSA) is 95.6 Å². The first-order valence-corrected chi connectivity index (χ1v) is 9.33. The van der Waals surface area contributed by atoms with Crippen LogP contribution in [0.4, 0.5) is 5.95 Å². The summed E-state index contributed by atoms with van der Waals surface area (Å²) in [7, 11) is 0. The highest BCUT2D eigenvalue weighted by Crippen LogP contribution is 2.24. The van der Waals surface area contributed by atoms with E-state index in [-0.39, 0.29) is 17.9 Å². The summed E-state index contributed by atoms with van der Waals surface area (Å²) in [6.07, 6.45) is 6.94. The number of nitrogens with zero attached hydrogens (tertiary/aromatic N) is 3. The average Bonchev–Trinajstić information content (AvgIpc) is 2.96. The van der Waals surface area contributed by atoms with E-state index in [0.29, 0.717) is 18.9 Å². The maximum Gasteiger partial charge on any atom is 0.222 e. The number of carbonyl (C=O) groups is 1. The molecule has 2 unspecified atom stereocenters. The Bertz CT molecular complexity index is 665. The van der Waals surface area contributed by atoms with Crippen molar-refractivity contribution in [2.45, 2.75) is 65.3 Å². The van der Waals surface area contributed by atoms with Gasteiger partial charge in [0.1, 0.15) is 0 Å². The normalized spacial score (nSPS) is 13.2. The third-order valence-corrected chi connectivity index (χ3v) is 4.51. The smallest absolute Gasteiger partial charge is 0.222 e.